The Morgan fingerprint density at radius 1 is 0.870 bits per heavy atom. The van der Waals surface area contributed by atoms with Crippen LogP contribution in [-0.4, -0.2) is 61.9 Å². The fourth-order valence-electron chi connectivity index (χ4n) is 8.13. The average molecular weight is 742 g/mol. The van der Waals surface area contributed by atoms with Gasteiger partial charge in [-0.05, 0) is 121 Å². The Morgan fingerprint density at radius 3 is 2.48 bits per heavy atom. The number of benzene rings is 4. The number of halogens is 1. The highest BCUT2D eigenvalue weighted by atomic mass is 35.5. The van der Waals surface area contributed by atoms with Gasteiger partial charge in [0.25, 0.3) is 11.8 Å². The lowest BCUT2D eigenvalue weighted by atomic mass is 9.95. The average Bonchev–Trinajstić information content (AvgIpc) is 3.68. The van der Waals surface area contributed by atoms with E-state index in [1.807, 2.05) is 43.3 Å². The van der Waals surface area contributed by atoms with Crippen molar-refractivity contribution in [2.45, 2.75) is 77.0 Å². The van der Waals surface area contributed by atoms with Crippen LogP contribution >= 0.6 is 11.6 Å². The zero-order valence-electron chi connectivity index (χ0n) is 30.6. The number of nitrogens with one attached hydrogen (secondary N) is 2. The van der Waals surface area contributed by atoms with Crippen LogP contribution in [0.25, 0.3) is 16.8 Å². The van der Waals surface area contributed by atoms with Gasteiger partial charge in [-0.2, -0.15) is 0 Å². The van der Waals surface area contributed by atoms with Gasteiger partial charge in [-0.1, -0.05) is 54.1 Å². The molecule has 3 aliphatic rings. The van der Waals surface area contributed by atoms with Crippen molar-refractivity contribution >= 4 is 35.0 Å². The van der Waals surface area contributed by atoms with Crippen LogP contribution in [0.2, 0.25) is 5.02 Å². The first kappa shape index (κ1) is 35.7. The molecule has 276 valence electrons. The SMILES string of the molecule is Cc1nnc2n1-c1ccc(-c3ccc(CNCCCCc4cccc5c4CN(C4CCC(=O)N(C)C4=O)C5=O)cc3)cc1C(Nc1ccc(Cl)cc1)CC2. The number of piperidine rings is 1. The molecule has 2 atom stereocenters. The number of amides is 3. The molecule has 0 saturated carbocycles. The van der Waals surface area contributed by atoms with Gasteiger partial charge in [0, 0.05) is 49.3 Å². The summed E-state index contributed by atoms with van der Waals surface area (Å²) in [5, 5.41) is 16.9. The van der Waals surface area contributed by atoms with E-state index >= 15 is 0 Å². The molecule has 8 rings (SSSR count). The van der Waals surface area contributed by atoms with Crippen LogP contribution in [0.4, 0.5) is 5.69 Å². The van der Waals surface area contributed by atoms with Gasteiger partial charge in [0.05, 0.1) is 11.7 Å². The predicted molar refractivity (Wildman–Crippen MR) is 209 cm³/mol. The summed E-state index contributed by atoms with van der Waals surface area (Å²) in [6, 6.07) is 28.7. The number of imide groups is 1. The van der Waals surface area contributed by atoms with Gasteiger partial charge >= 0.3 is 0 Å². The highest BCUT2D eigenvalue weighted by molar-refractivity contribution is 6.30. The van der Waals surface area contributed by atoms with E-state index in [-0.39, 0.29) is 30.2 Å². The van der Waals surface area contributed by atoms with Crippen molar-refractivity contribution in [3.05, 3.63) is 129 Å². The lowest BCUT2D eigenvalue weighted by Crippen LogP contribution is -2.53. The number of hydrogen-bond acceptors (Lipinski definition) is 7. The van der Waals surface area contributed by atoms with Crippen LogP contribution in [0.3, 0.4) is 0 Å². The zero-order valence-corrected chi connectivity index (χ0v) is 31.4. The van der Waals surface area contributed by atoms with Crippen molar-refractivity contribution in [1.29, 1.82) is 0 Å². The Morgan fingerprint density at radius 2 is 1.67 bits per heavy atom. The summed E-state index contributed by atoms with van der Waals surface area (Å²) in [5.74, 6) is 1.28. The molecule has 2 N–H and O–H groups in total. The molecular weight excluding hydrogens is 698 g/mol. The molecule has 10 nitrogen and oxygen atoms in total. The first-order chi connectivity index (χ1) is 26.2. The second-order valence-electron chi connectivity index (χ2n) is 14.6. The number of nitrogens with zero attached hydrogens (tertiary/aromatic N) is 5. The highest BCUT2D eigenvalue weighted by Gasteiger charge is 2.42. The number of anilines is 1. The molecule has 4 aromatic carbocycles. The van der Waals surface area contributed by atoms with Crippen molar-refractivity contribution < 1.29 is 14.4 Å². The summed E-state index contributed by atoms with van der Waals surface area (Å²) in [5.41, 5.74) is 9.76. The molecule has 5 aromatic rings. The van der Waals surface area contributed by atoms with Gasteiger partial charge in [-0.3, -0.25) is 23.9 Å². The van der Waals surface area contributed by atoms with Crippen LogP contribution in [0.15, 0.2) is 84.9 Å². The topological polar surface area (TPSA) is 112 Å². The largest absolute Gasteiger partial charge is 0.378 e. The van der Waals surface area contributed by atoms with Crippen LogP contribution in [0, 0.1) is 6.92 Å². The molecule has 4 heterocycles. The number of unbranched alkanes of at least 4 members (excludes halogenated alkanes) is 1. The van der Waals surface area contributed by atoms with Gasteiger partial charge < -0.3 is 15.5 Å². The molecule has 11 heteroatoms. The van der Waals surface area contributed by atoms with Crippen molar-refractivity contribution in [1.82, 2.24) is 29.9 Å². The Balaban J connectivity index is 0.868. The number of rotatable bonds is 11. The number of carbonyl (C=O) groups excluding carboxylic acids is 3. The minimum absolute atomic E-state index is 0.0910. The summed E-state index contributed by atoms with van der Waals surface area (Å²) >= 11 is 6.17. The number of likely N-dealkylation sites (N-methyl/N-ethyl adjacent to an activating group) is 1. The molecule has 3 aliphatic heterocycles. The molecule has 54 heavy (non-hydrogen) atoms. The second-order valence-corrected chi connectivity index (χ2v) is 15.0. The number of aromatic nitrogens is 3. The fraction of sp³-hybridized carbons (Fsp3) is 0.326. The smallest absolute Gasteiger partial charge is 0.255 e. The first-order valence-corrected chi connectivity index (χ1v) is 19.2. The van der Waals surface area contributed by atoms with Gasteiger partial charge in [0.15, 0.2) is 0 Å². The summed E-state index contributed by atoms with van der Waals surface area (Å²) in [6.45, 7) is 4.10. The second kappa shape index (κ2) is 15.2. The van der Waals surface area contributed by atoms with Crippen molar-refractivity contribution in [2.75, 3.05) is 18.9 Å². The maximum atomic E-state index is 13.3. The minimum atomic E-state index is -0.579. The fourth-order valence-corrected chi connectivity index (χ4v) is 8.26. The molecular formula is C43H44ClN7O3. The van der Waals surface area contributed by atoms with E-state index in [9.17, 15) is 14.4 Å². The lowest BCUT2D eigenvalue weighted by molar-refractivity contribution is -0.150. The predicted octanol–water partition coefficient (Wildman–Crippen LogP) is 7.21. The maximum absolute atomic E-state index is 13.3. The molecule has 0 aliphatic carbocycles. The highest BCUT2D eigenvalue weighted by Crippen LogP contribution is 2.37. The van der Waals surface area contributed by atoms with Crippen LogP contribution in [0.5, 0.6) is 0 Å². The standard InChI is InChI=1S/C43H44ClN7O3/c1-27-47-48-40-21-18-37(46-33-16-14-32(44)15-17-33)35-24-31(13-19-38(35)51(27)40)29-11-9-28(10-12-29)25-45-23-4-3-6-30-7-5-8-34-36(30)26-50(42(34)53)39-20-22-41(52)49(2)43(39)54/h5,7-17,19,24,37,39,45-46H,3-4,6,18,20-23,25-26H2,1-2H3. The Labute approximate surface area is 320 Å². The normalized spacial score (nSPS) is 18.0. The Hall–Kier alpha value is -5.32. The summed E-state index contributed by atoms with van der Waals surface area (Å²) in [4.78, 5) is 40.9. The third-order valence-electron chi connectivity index (χ3n) is 11.1. The van der Waals surface area contributed by atoms with Crippen LogP contribution in [-0.2, 0) is 35.5 Å². The van der Waals surface area contributed by atoms with Gasteiger partial charge in [0.2, 0.25) is 5.91 Å². The van der Waals surface area contributed by atoms with Crippen LogP contribution < -0.4 is 10.6 Å². The third-order valence-corrected chi connectivity index (χ3v) is 11.4. The summed E-state index contributed by atoms with van der Waals surface area (Å²) in [6.07, 6.45) is 5.22. The molecule has 2 unspecified atom stereocenters. The van der Waals surface area contributed by atoms with E-state index in [0.717, 1.165) is 95.4 Å². The van der Waals surface area contributed by atoms with Crippen molar-refractivity contribution in [2.24, 2.45) is 0 Å². The number of carbonyl (C=O) groups is 3. The minimum Gasteiger partial charge on any atom is -0.378 e. The number of hydrogen-bond donors (Lipinski definition) is 2. The van der Waals surface area contributed by atoms with Crippen LogP contribution in [0.1, 0.15) is 82.4 Å². The monoisotopic (exact) mass is 741 g/mol. The van der Waals surface area contributed by atoms with Crippen molar-refractivity contribution in [3.63, 3.8) is 0 Å². The number of fused-ring (bicyclic) bond motifs is 4. The lowest BCUT2D eigenvalue weighted by Gasteiger charge is -2.33. The molecule has 0 radical (unpaired) electrons. The molecule has 0 spiro atoms. The summed E-state index contributed by atoms with van der Waals surface area (Å²) in [7, 11) is 1.50. The molecule has 0 bridgehead atoms. The maximum Gasteiger partial charge on any atom is 0.255 e. The van der Waals surface area contributed by atoms with Gasteiger partial charge in [0.1, 0.15) is 17.7 Å². The third kappa shape index (κ3) is 7.03. The van der Waals surface area contributed by atoms with Gasteiger partial charge in [-0.15, -0.1) is 10.2 Å². The number of aryl methyl sites for hydroxylation is 3. The zero-order chi connectivity index (χ0) is 37.3. The first-order valence-electron chi connectivity index (χ1n) is 18.8. The molecule has 1 fully saturated rings. The Bertz CT molecular complexity index is 2220. The van der Waals surface area contributed by atoms with E-state index in [2.05, 4.69) is 73.9 Å². The van der Waals surface area contributed by atoms with E-state index < -0.39 is 6.04 Å². The number of likely N-dealkylation sites (tertiary alicyclic amines) is 1. The molecule has 1 aromatic heterocycles. The van der Waals surface area contributed by atoms with E-state index in [1.54, 1.807) is 4.90 Å². The quantitative estimate of drug-likeness (QED) is 0.109. The molecule has 3 amide bonds. The summed E-state index contributed by atoms with van der Waals surface area (Å²) < 4.78 is 2.18. The van der Waals surface area contributed by atoms with E-state index in [0.29, 0.717) is 23.6 Å². The van der Waals surface area contributed by atoms with Crippen molar-refractivity contribution in [3.8, 4) is 16.8 Å². The molecule has 1 saturated heterocycles. The van der Waals surface area contributed by atoms with E-state index in [1.165, 1.54) is 18.2 Å². The van der Waals surface area contributed by atoms with E-state index in [4.69, 9.17) is 11.6 Å². The Kier molecular flexibility index (Phi) is 10.0. The van der Waals surface area contributed by atoms with Gasteiger partial charge in [-0.25, -0.2) is 0 Å².